The average molecular weight is 246 g/mol. The fourth-order valence-electron chi connectivity index (χ4n) is 1.24. The second-order valence-corrected chi connectivity index (χ2v) is 5.18. The molecule has 1 atom stereocenters. The van der Waals surface area contributed by atoms with Crippen molar-refractivity contribution in [2.75, 3.05) is 0 Å². The molecule has 0 unspecified atom stereocenters. The lowest BCUT2D eigenvalue weighted by Crippen LogP contribution is -1.85. The minimum absolute atomic E-state index is 0.821. The fraction of sp³-hybridized carbons (Fsp3) is 0.333. The number of unbranched alkanes of at least 4 members (excludes halogenated alkanes) is 2. The first kappa shape index (κ1) is 13.7. The highest BCUT2D eigenvalue weighted by Crippen LogP contribution is 2.08. The molecule has 1 nitrogen and oxygen atoms in total. The SMILES string of the molecule is CCCCC#C/C=C/[S@@](=O)c1ccc(C)cc1. The Morgan fingerprint density at radius 3 is 2.65 bits per heavy atom. The van der Waals surface area contributed by atoms with Crippen LogP contribution in [0.1, 0.15) is 31.7 Å². The van der Waals surface area contributed by atoms with Crippen LogP contribution in [0.2, 0.25) is 0 Å². The van der Waals surface area contributed by atoms with Crippen molar-refractivity contribution < 1.29 is 4.21 Å². The van der Waals surface area contributed by atoms with E-state index in [1.807, 2.05) is 31.2 Å². The molecule has 0 aliphatic heterocycles. The van der Waals surface area contributed by atoms with Crippen LogP contribution in [0.5, 0.6) is 0 Å². The largest absolute Gasteiger partial charge is 0.250 e. The summed E-state index contributed by atoms with van der Waals surface area (Å²) < 4.78 is 11.8. The summed E-state index contributed by atoms with van der Waals surface area (Å²) >= 11 is 0. The molecule has 0 N–H and O–H groups in total. The molecule has 0 amide bonds. The van der Waals surface area contributed by atoms with E-state index in [2.05, 4.69) is 18.8 Å². The lowest BCUT2D eigenvalue weighted by atomic mass is 10.2. The van der Waals surface area contributed by atoms with Crippen LogP contribution in [0.25, 0.3) is 0 Å². The third-order valence-electron chi connectivity index (χ3n) is 2.29. The lowest BCUT2D eigenvalue weighted by Gasteiger charge is -1.96. The van der Waals surface area contributed by atoms with Crippen molar-refractivity contribution in [2.24, 2.45) is 0 Å². The van der Waals surface area contributed by atoms with Crippen LogP contribution in [0.3, 0.4) is 0 Å². The summed E-state index contributed by atoms with van der Waals surface area (Å²) in [4.78, 5) is 0.821. The Morgan fingerprint density at radius 1 is 1.29 bits per heavy atom. The van der Waals surface area contributed by atoms with Crippen molar-refractivity contribution in [3.63, 3.8) is 0 Å². The summed E-state index contributed by atoms with van der Waals surface area (Å²) in [7, 11) is -1.08. The molecule has 0 saturated heterocycles. The van der Waals surface area contributed by atoms with Crippen molar-refractivity contribution in [1.82, 2.24) is 0 Å². The van der Waals surface area contributed by atoms with Crippen molar-refractivity contribution in [2.45, 2.75) is 38.0 Å². The molecule has 1 rings (SSSR count). The van der Waals surface area contributed by atoms with Crippen LogP contribution in [-0.2, 0) is 10.8 Å². The van der Waals surface area contributed by atoms with E-state index in [9.17, 15) is 4.21 Å². The smallest absolute Gasteiger partial charge is 0.0782 e. The van der Waals surface area contributed by atoms with Gasteiger partial charge < -0.3 is 0 Å². The van der Waals surface area contributed by atoms with Gasteiger partial charge in [-0.2, -0.15) is 0 Å². The van der Waals surface area contributed by atoms with E-state index in [4.69, 9.17) is 0 Å². The van der Waals surface area contributed by atoms with E-state index in [1.54, 1.807) is 11.5 Å². The van der Waals surface area contributed by atoms with Gasteiger partial charge in [0, 0.05) is 16.7 Å². The Labute approximate surface area is 106 Å². The maximum absolute atomic E-state index is 11.8. The van der Waals surface area contributed by atoms with Gasteiger partial charge in [-0.25, -0.2) is 4.21 Å². The van der Waals surface area contributed by atoms with Gasteiger partial charge in [0.15, 0.2) is 0 Å². The van der Waals surface area contributed by atoms with Crippen molar-refractivity contribution in [3.8, 4) is 11.8 Å². The van der Waals surface area contributed by atoms with Gasteiger partial charge in [0.2, 0.25) is 0 Å². The summed E-state index contributed by atoms with van der Waals surface area (Å²) in [6.45, 7) is 4.16. The highest BCUT2D eigenvalue weighted by Gasteiger charge is 1.97. The van der Waals surface area contributed by atoms with Crippen LogP contribution >= 0.6 is 0 Å². The Morgan fingerprint density at radius 2 is 2.00 bits per heavy atom. The summed E-state index contributed by atoms with van der Waals surface area (Å²) in [6.07, 6.45) is 4.89. The van der Waals surface area contributed by atoms with Crippen LogP contribution in [-0.4, -0.2) is 4.21 Å². The van der Waals surface area contributed by atoms with E-state index in [0.29, 0.717) is 0 Å². The van der Waals surface area contributed by atoms with Gasteiger partial charge in [-0.1, -0.05) is 42.9 Å². The molecule has 0 heterocycles. The van der Waals surface area contributed by atoms with Crippen LogP contribution < -0.4 is 0 Å². The molecule has 2 heteroatoms. The third kappa shape index (κ3) is 5.51. The van der Waals surface area contributed by atoms with Gasteiger partial charge in [0.25, 0.3) is 0 Å². The molecule has 0 aliphatic rings. The highest BCUT2D eigenvalue weighted by molar-refractivity contribution is 7.88. The lowest BCUT2D eigenvalue weighted by molar-refractivity contribution is 0.688. The minimum atomic E-state index is -1.08. The van der Waals surface area contributed by atoms with Crippen molar-refractivity contribution in [3.05, 3.63) is 41.3 Å². The zero-order valence-corrected chi connectivity index (χ0v) is 11.2. The van der Waals surface area contributed by atoms with Crippen molar-refractivity contribution >= 4 is 10.8 Å². The molecule has 90 valence electrons. The van der Waals surface area contributed by atoms with Crippen molar-refractivity contribution in [1.29, 1.82) is 0 Å². The minimum Gasteiger partial charge on any atom is -0.250 e. The van der Waals surface area contributed by atoms with Gasteiger partial charge in [-0.3, -0.25) is 0 Å². The van der Waals surface area contributed by atoms with Gasteiger partial charge >= 0.3 is 0 Å². The molecule has 17 heavy (non-hydrogen) atoms. The summed E-state index contributed by atoms with van der Waals surface area (Å²) in [5.41, 5.74) is 1.18. The van der Waals surface area contributed by atoms with Crippen LogP contribution in [0.15, 0.2) is 40.6 Å². The predicted octanol–water partition coefficient (Wildman–Crippen LogP) is 3.81. The standard InChI is InChI=1S/C15H18OS/c1-3-4-5-6-7-8-13-17(16)15-11-9-14(2)10-12-15/h8-13H,3-5H2,1-2H3/b13-8+/t17-/m1/s1. The number of benzene rings is 1. The summed E-state index contributed by atoms with van der Waals surface area (Å²) in [6, 6.07) is 7.71. The van der Waals surface area contributed by atoms with Gasteiger partial charge in [-0.15, -0.1) is 0 Å². The Kier molecular flexibility index (Phi) is 6.35. The summed E-state index contributed by atoms with van der Waals surface area (Å²) in [5.74, 6) is 5.94. The molecule has 0 bridgehead atoms. The second kappa shape index (κ2) is 7.86. The molecule has 0 fully saturated rings. The zero-order valence-electron chi connectivity index (χ0n) is 10.4. The summed E-state index contributed by atoms with van der Waals surface area (Å²) in [5, 5.41) is 1.64. The average Bonchev–Trinajstić information content (AvgIpc) is 2.34. The third-order valence-corrected chi connectivity index (χ3v) is 3.41. The number of hydrogen-bond donors (Lipinski definition) is 0. The zero-order chi connectivity index (χ0) is 12.5. The molecule has 1 aromatic rings. The highest BCUT2D eigenvalue weighted by atomic mass is 32.2. The van der Waals surface area contributed by atoms with E-state index in [1.165, 1.54) is 5.56 Å². The second-order valence-electron chi connectivity index (χ2n) is 3.84. The van der Waals surface area contributed by atoms with Gasteiger partial charge in [0.05, 0.1) is 10.8 Å². The fourth-order valence-corrected chi connectivity index (χ4v) is 2.00. The van der Waals surface area contributed by atoms with E-state index < -0.39 is 10.8 Å². The van der Waals surface area contributed by atoms with E-state index in [-0.39, 0.29) is 0 Å². The van der Waals surface area contributed by atoms with E-state index in [0.717, 1.165) is 24.2 Å². The normalized spacial score (nSPS) is 12.1. The van der Waals surface area contributed by atoms with Crippen LogP contribution in [0, 0.1) is 18.8 Å². The van der Waals surface area contributed by atoms with Gasteiger partial charge in [0.1, 0.15) is 0 Å². The van der Waals surface area contributed by atoms with Gasteiger partial charge in [-0.05, 0) is 31.6 Å². The molecule has 0 saturated carbocycles. The number of hydrogen-bond acceptors (Lipinski definition) is 1. The maximum atomic E-state index is 11.8. The topological polar surface area (TPSA) is 17.1 Å². The first-order valence-corrected chi connectivity index (χ1v) is 7.07. The molecule has 0 aliphatic carbocycles. The molecule has 1 aromatic carbocycles. The first-order chi connectivity index (χ1) is 8.24. The predicted molar refractivity (Wildman–Crippen MR) is 74.0 cm³/mol. The Balaban J connectivity index is 2.50. The maximum Gasteiger partial charge on any atom is 0.0782 e. The molecular formula is C15H18OS. The Bertz CT molecular complexity index is 446. The quantitative estimate of drug-likeness (QED) is 0.583. The molecular weight excluding hydrogens is 228 g/mol. The number of rotatable bonds is 4. The van der Waals surface area contributed by atoms with Crippen LogP contribution in [0.4, 0.5) is 0 Å². The molecule has 0 radical (unpaired) electrons. The molecule has 0 aromatic heterocycles. The number of allylic oxidation sites excluding steroid dienone is 1. The number of aryl methyl sites for hydroxylation is 1. The monoisotopic (exact) mass is 246 g/mol. The van der Waals surface area contributed by atoms with E-state index >= 15 is 0 Å². The Hall–Kier alpha value is -1.33. The first-order valence-electron chi connectivity index (χ1n) is 5.86. The molecule has 0 spiro atoms.